The van der Waals surface area contributed by atoms with E-state index in [1.165, 1.54) is 0 Å². The largest absolute Gasteiger partial charge is 0.458 e. The zero-order valence-electron chi connectivity index (χ0n) is 29.7. The molecule has 0 unspecified atom stereocenters. The third-order valence-corrected chi connectivity index (χ3v) is 11.3. The van der Waals surface area contributed by atoms with E-state index in [2.05, 4.69) is 87.6 Å². The topological polar surface area (TPSA) is 104 Å². The molecule has 0 bridgehead atoms. The van der Waals surface area contributed by atoms with E-state index in [0.29, 0.717) is 24.0 Å². The molecule has 262 valence electrons. The van der Waals surface area contributed by atoms with E-state index in [0.717, 1.165) is 38.5 Å². The average Bonchev–Trinajstić information content (AvgIpc) is 3.45. The van der Waals surface area contributed by atoms with Crippen molar-refractivity contribution in [2.24, 2.45) is 29.1 Å². The number of Topliss-reactive ketones (excluding diaryl/α,β-unsaturated/α-hetero) is 1. The zero-order valence-corrected chi connectivity index (χ0v) is 29.7. The predicted octanol–water partition coefficient (Wildman–Crippen LogP) is 7.99. The first-order valence-electron chi connectivity index (χ1n) is 18.0. The van der Waals surface area contributed by atoms with Crippen molar-refractivity contribution in [1.82, 2.24) is 0 Å². The number of carbonyl (C=O) groups excluding carboxylic acids is 2. The minimum absolute atomic E-state index is 0.0156. The number of fused-ring (bicyclic) bond motifs is 5. The lowest BCUT2D eigenvalue weighted by molar-refractivity contribution is -0.187. The lowest BCUT2D eigenvalue weighted by Crippen LogP contribution is -2.61. The number of aliphatic hydroxyl groups is 3. The van der Waals surface area contributed by atoms with E-state index in [9.17, 15) is 24.9 Å². The lowest BCUT2D eigenvalue weighted by Gasteiger charge is -2.50. The maximum atomic E-state index is 13.2. The molecule has 0 saturated heterocycles. The summed E-state index contributed by atoms with van der Waals surface area (Å²) in [7, 11) is 0. The normalized spacial score (nSPS) is 34.3. The summed E-state index contributed by atoms with van der Waals surface area (Å²) in [4.78, 5) is 26.3. The molecule has 6 heteroatoms. The molecular weight excluding hydrogens is 600 g/mol. The van der Waals surface area contributed by atoms with Gasteiger partial charge < -0.3 is 20.1 Å². The molecule has 4 aliphatic carbocycles. The van der Waals surface area contributed by atoms with Crippen LogP contribution in [0.3, 0.4) is 0 Å². The molecule has 0 aromatic heterocycles. The van der Waals surface area contributed by atoms with Crippen LogP contribution in [-0.4, -0.2) is 50.5 Å². The fourth-order valence-electron chi connectivity index (χ4n) is 8.69. The number of esters is 1. The standard InChI is InChI=1S/C42H58O6/c1-6-7-8-9-10-11-12-13-14-15-16-17-18-19-20-21-22-23-24-25-36(44)48-41-28-32(3)42(47)34(37(41)39(41,4)5)27-33(30-43)29-40(46)35(42)26-31(2)38(40)45/h7-8,10-11,13-14,16-17,19-20,22-23,26-27,32,34-35,37,43,46-47H,6,9,12,15,18,21,24-25,28-30H2,1-5H3/b8-7-,11-10-,14-13-,17-16-,20-19-,23-22-/t32-,34+,35-,37-,40-,41+,42-/m1/s1. The van der Waals surface area contributed by atoms with Gasteiger partial charge in [-0.1, -0.05) is 113 Å². The highest BCUT2D eigenvalue weighted by molar-refractivity contribution is 6.04. The first kappa shape index (κ1) is 37.8. The van der Waals surface area contributed by atoms with Gasteiger partial charge in [-0.25, -0.2) is 0 Å². The minimum atomic E-state index is -1.79. The maximum absolute atomic E-state index is 13.2. The highest BCUT2D eigenvalue weighted by atomic mass is 16.6. The Bertz CT molecular complexity index is 1400. The number of ether oxygens (including phenoxy) is 1. The fourth-order valence-corrected chi connectivity index (χ4v) is 8.69. The number of aliphatic hydroxyl groups excluding tert-OH is 1. The summed E-state index contributed by atoms with van der Waals surface area (Å²) in [5.41, 5.74) is -3.39. The average molecular weight is 659 g/mol. The van der Waals surface area contributed by atoms with E-state index in [4.69, 9.17) is 4.74 Å². The van der Waals surface area contributed by atoms with E-state index in [-0.39, 0.29) is 43.0 Å². The summed E-state index contributed by atoms with van der Waals surface area (Å²) in [6.07, 6.45) is 36.5. The van der Waals surface area contributed by atoms with E-state index in [1.54, 1.807) is 13.0 Å². The summed E-state index contributed by atoms with van der Waals surface area (Å²) in [5, 5.41) is 34.3. The Morgan fingerprint density at radius 2 is 1.40 bits per heavy atom. The Morgan fingerprint density at radius 1 is 0.875 bits per heavy atom. The van der Waals surface area contributed by atoms with Crippen LogP contribution in [0.1, 0.15) is 98.8 Å². The number of hydrogen-bond acceptors (Lipinski definition) is 6. The number of rotatable bonds is 16. The molecule has 0 amide bonds. The Hall–Kier alpha value is -3.06. The van der Waals surface area contributed by atoms with Crippen molar-refractivity contribution >= 4 is 11.8 Å². The third kappa shape index (κ3) is 7.56. The number of allylic oxidation sites excluding steroid dienone is 12. The highest BCUT2D eigenvalue weighted by Gasteiger charge is 2.83. The minimum Gasteiger partial charge on any atom is -0.458 e. The van der Waals surface area contributed by atoms with Gasteiger partial charge >= 0.3 is 5.97 Å². The van der Waals surface area contributed by atoms with Gasteiger partial charge in [0, 0.05) is 36.0 Å². The molecule has 4 aliphatic rings. The van der Waals surface area contributed by atoms with Crippen LogP contribution in [0.5, 0.6) is 0 Å². The second kappa shape index (κ2) is 16.1. The van der Waals surface area contributed by atoms with Crippen LogP contribution in [0.2, 0.25) is 0 Å². The van der Waals surface area contributed by atoms with Gasteiger partial charge in [0.2, 0.25) is 0 Å². The summed E-state index contributed by atoms with van der Waals surface area (Å²) >= 11 is 0. The van der Waals surface area contributed by atoms with Crippen molar-refractivity contribution in [3.05, 3.63) is 96.2 Å². The quantitative estimate of drug-likeness (QED) is 0.115. The zero-order chi connectivity index (χ0) is 35.0. The summed E-state index contributed by atoms with van der Waals surface area (Å²) in [6.45, 7) is 9.57. The van der Waals surface area contributed by atoms with Gasteiger partial charge in [-0.15, -0.1) is 0 Å². The van der Waals surface area contributed by atoms with Crippen molar-refractivity contribution in [3.63, 3.8) is 0 Å². The van der Waals surface area contributed by atoms with E-state index in [1.807, 2.05) is 19.1 Å². The molecule has 0 spiro atoms. The first-order valence-corrected chi connectivity index (χ1v) is 18.0. The number of hydrogen-bond donors (Lipinski definition) is 3. The van der Waals surface area contributed by atoms with Gasteiger partial charge in [0.15, 0.2) is 5.78 Å². The van der Waals surface area contributed by atoms with Gasteiger partial charge in [0.1, 0.15) is 11.2 Å². The molecule has 0 aromatic carbocycles. The van der Waals surface area contributed by atoms with E-state index >= 15 is 0 Å². The fraction of sp³-hybridized carbons (Fsp3) is 0.571. The molecule has 7 atom stereocenters. The van der Waals surface area contributed by atoms with Gasteiger partial charge in [0.25, 0.3) is 0 Å². The van der Waals surface area contributed by atoms with Crippen LogP contribution in [0, 0.1) is 29.1 Å². The maximum Gasteiger partial charge on any atom is 0.306 e. The second-order valence-corrected chi connectivity index (χ2v) is 14.8. The molecule has 48 heavy (non-hydrogen) atoms. The molecule has 2 saturated carbocycles. The summed E-state index contributed by atoms with van der Waals surface area (Å²) < 4.78 is 6.31. The molecule has 4 rings (SSSR count). The first-order chi connectivity index (χ1) is 22.9. The van der Waals surface area contributed by atoms with Crippen molar-refractivity contribution in [2.45, 2.75) is 116 Å². The molecule has 6 nitrogen and oxygen atoms in total. The Morgan fingerprint density at radius 3 is 1.92 bits per heavy atom. The van der Waals surface area contributed by atoms with Crippen LogP contribution in [-0.2, 0) is 14.3 Å². The smallest absolute Gasteiger partial charge is 0.306 e. The third-order valence-electron chi connectivity index (χ3n) is 11.3. The molecule has 0 heterocycles. The SMILES string of the molecule is CC/C=C\C/C=C\C/C=C\C/C=C\C/C=C\C/C=C\CCC(=O)O[C@@]12C[C@@H](C)[C@@]3(O)[C@@H](C=C(CO)C[C@]4(O)C(=O)C(C)=C[C@@H]34)[C@@H]1C2(C)C. The van der Waals surface area contributed by atoms with Crippen molar-refractivity contribution in [3.8, 4) is 0 Å². The molecule has 2 fully saturated rings. The second-order valence-electron chi connectivity index (χ2n) is 14.8. The van der Waals surface area contributed by atoms with Gasteiger partial charge in [-0.2, -0.15) is 0 Å². The van der Waals surface area contributed by atoms with Crippen LogP contribution < -0.4 is 0 Å². The van der Waals surface area contributed by atoms with E-state index < -0.39 is 34.1 Å². The lowest BCUT2D eigenvalue weighted by atomic mass is 9.60. The van der Waals surface area contributed by atoms with Crippen molar-refractivity contribution in [2.75, 3.05) is 6.61 Å². The molecule has 0 radical (unpaired) electrons. The van der Waals surface area contributed by atoms with Crippen molar-refractivity contribution in [1.29, 1.82) is 0 Å². The van der Waals surface area contributed by atoms with Gasteiger partial charge in [-0.05, 0) is 75.4 Å². The van der Waals surface area contributed by atoms with Gasteiger partial charge in [-0.3, -0.25) is 9.59 Å². The molecule has 0 aromatic rings. The number of carbonyl (C=O) groups is 2. The van der Waals surface area contributed by atoms with Gasteiger partial charge in [0.05, 0.1) is 12.2 Å². The Kier molecular flexibility index (Phi) is 12.7. The monoisotopic (exact) mass is 658 g/mol. The molecule has 0 aliphatic heterocycles. The number of ketones is 1. The predicted molar refractivity (Wildman–Crippen MR) is 193 cm³/mol. The molecule has 3 N–H and O–H groups in total. The highest BCUT2D eigenvalue weighted by Crippen LogP contribution is 2.76. The van der Waals surface area contributed by atoms with Crippen LogP contribution in [0.15, 0.2) is 96.2 Å². The van der Waals surface area contributed by atoms with Crippen LogP contribution >= 0.6 is 0 Å². The van der Waals surface area contributed by atoms with Crippen LogP contribution in [0.4, 0.5) is 0 Å². The molecular formula is C42H58O6. The summed E-state index contributed by atoms with van der Waals surface area (Å²) in [5.74, 6) is -2.49. The summed E-state index contributed by atoms with van der Waals surface area (Å²) in [6, 6.07) is 0. The van der Waals surface area contributed by atoms with Crippen molar-refractivity contribution < 1.29 is 29.6 Å². The Balaban J connectivity index is 1.23. The Labute approximate surface area is 288 Å². The van der Waals surface area contributed by atoms with Crippen LogP contribution in [0.25, 0.3) is 0 Å².